The molecule has 2 aliphatic carbocycles. The van der Waals surface area contributed by atoms with Crippen LogP contribution in [0.15, 0.2) is 36.4 Å². The molecule has 0 unspecified atom stereocenters. The molecular formula is C24H29FO2. The van der Waals surface area contributed by atoms with Gasteiger partial charge < -0.3 is 9.84 Å². The maximum atomic E-state index is 13.8. The first-order chi connectivity index (χ1) is 12.8. The molecule has 2 aromatic rings. The number of ether oxygens (including phenoxy) is 1. The van der Waals surface area contributed by atoms with Gasteiger partial charge in [0.05, 0.1) is 0 Å². The zero-order chi connectivity index (χ0) is 19.2. The molecule has 0 aromatic heterocycles. The first-order valence-electron chi connectivity index (χ1n) is 10.0. The van der Waals surface area contributed by atoms with Crippen LogP contribution in [0.3, 0.4) is 0 Å². The van der Waals surface area contributed by atoms with Gasteiger partial charge in [0.15, 0.2) is 11.5 Å². The maximum absolute atomic E-state index is 13.8. The lowest BCUT2D eigenvalue weighted by molar-refractivity contribution is 0.0405. The minimum absolute atomic E-state index is 0.108. The zero-order valence-electron chi connectivity index (χ0n) is 16.5. The first-order valence-corrected chi connectivity index (χ1v) is 10.0. The molecule has 1 saturated carbocycles. The second-order valence-electron chi connectivity index (χ2n) is 9.21. The van der Waals surface area contributed by atoms with Gasteiger partial charge >= 0.3 is 0 Å². The largest absolute Gasteiger partial charge is 0.504 e. The average Bonchev–Trinajstić information content (AvgIpc) is 2.61. The van der Waals surface area contributed by atoms with Crippen molar-refractivity contribution in [3.8, 4) is 11.5 Å². The summed E-state index contributed by atoms with van der Waals surface area (Å²) >= 11 is 0. The molecule has 0 bridgehead atoms. The molecule has 0 saturated heterocycles. The van der Waals surface area contributed by atoms with Crippen molar-refractivity contribution in [3.05, 3.63) is 58.9 Å². The van der Waals surface area contributed by atoms with E-state index >= 15 is 0 Å². The molecule has 2 atom stereocenters. The normalized spacial score (nSPS) is 26.1. The van der Waals surface area contributed by atoms with Crippen LogP contribution in [0.5, 0.6) is 11.5 Å². The third-order valence-corrected chi connectivity index (χ3v) is 7.07. The molecule has 3 heteroatoms. The van der Waals surface area contributed by atoms with Crippen molar-refractivity contribution in [1.82, 2.24) is 0 Å². The van der Waals surface area contributed by atoms with Crippen LogP contribution in [0.4, 0.5) is 4.39 Å². The standard InChI is InChI=1S/C24H29FO2/c1-23(2)11-6-12-24(3)18-14-20(26)21(13-16(18)9-10-22(23)24)27-15-17-7-4-5-8-19(17)25/h4-5,7-8,13-14,22,26H,6,9-12,15H2,1-3H3/t22-,24-/m1/s1. The summed E-state index contributed by atoms with van der Waals surface area (Å²) < 4.78 is 19.6. The molecule has 4 rings (SSSR count). The quantitative estimate of drug-likeness (QED) is 0.705. The number of aromatic hydroxyl groups is 1. The second-order valence-corrected chi connectivity index (χ2v) is 9.21. The van der Waals surface area contributed by atoms with Crippen molar-refractivity contribution in [2.45, 2.75) is 64.9 Å². The summed E-state index contributed by atoms with van der Waals surface area (Å²) in [5.74, 6) is 0.968. The number of fused-ring (bicyclic) bond motifs is 3. The lowest BCUT2D eigenvalue weighted by Crippen LogP contribution is -2.47. The Hall–Kier alpha value is -2.03. The molecule has 0 radical (unpaired) electrons. The van der Waals surface area contributed by atoms with Crippen molar-refractivity contribution in [2.75, 3.05) is 0 Å². The van der Waals surface area contributed by atoms with Crippen LogP contribution < -0.4 is 4.74 Å². The van der Waals surface area contributed by atoms with Crippen molar-refractivity contribution < 1.29 is 14.2 Å². The monoisotopic (exact) mass is 368 g/mol. The van der Waals surface area contributed by atoms with Crippen LogP contribution in [0, 0.1) is 17.2 Å². The minimum atomic E-state index is -0.283. The minimum Gasteiger partial charge on any atom is -0.504 e. The number of phenolic OH excluding ortho intramolecular Hbond substituents is 1. The van der Waals surface area contributed by atoms with E-state index in [9.17, 15) is 9.50 Å². The van der Waals surface area contributed by atoms with E-state index in [0.29, 0.717) is 22.6 Å². The second kappa shape index (κ2) is 6.54. The van der Waals surface area contributed by atoms with Crippen molar-refractivity contribution >= 4 is 0 Å². The van der Waals surface area contributed by atoms with Gasteiger partial charge in [-0.25, -0.2) is 4.39 Å². The first kappa shape index (κ1) is 18.3. The van der Waals surface area contributed by atoms with Gasteiger partial charge in [-0.2, -0.15) is 0 Å². The van der Waals surface area contributed by atoms with Gasteiger partial charge in [-0.05, 0) is 71.8 Å². The topological polar surface area (TPSA) is 29.5 Å². The van der Waals surface area contributed by atoms with Gasteiger partial charge in [0.1, 0.15) is 12.4 Å². The van der Waals surface area contributed by atoms with Crippen LogP contribution in [-0.4, -0.2) is 5.11 Å². The third kappa shape index (κ3) is 3.11. The smallest absolute Gasteiger partial charge is 0.161 e. The van der Waals surface area contributed by atoms with E-state index in [-0.39, 0.29) is 23.6 Å². The van der Waals surface area contributed by atoms with Crippen molar-refractivity contribution in [1.29, 1.82) is 0 Å². The number of halogens is 1. The molecule has 27 heavy (non-hydrogen) atoms. The summed E-state index contributed by atoms with van der Waals surface area (Å²) in [4.78, 5) is 0. The molecule has 0 amide bonds. The van der Waals surface area contributed by atoms with Crippen molar-refractivity contribution in [3.63, 3.8) is 0 Å². The molecular weight excluding hydrogens is 339 g/mol. The molecule has 0 spiro atoms. The lowest BCUT2D eigenvalue weighted by Gasteiger charge is -2.54. The van der Waals surface area contributed by atoms with Crippen LogP contribution in [0.25, 0.3) is 0 Å². The molecule has 2 nitrogen and oxygen atoms in total. The fraction of sp³-hybridized carbons (Fsp3) is 0.500. The fourth-order valence-electron chi connectivity index (χ4n) is 5.69. The highest BCUT2D eigenvalue weighted by atomic mass is 19.1. The summed E-state index contributed by atoms with van der Waals surface area (Å²) in [7, 11) is 0. The summed E-state index contributed by atoms with van der Waals surface area (Å²) in [6, 6.07) is 10.5. The third-order valence-electron chi connectivity index (χ3n) is 7.07. The van der Waals surface area contributed by atoms with E-state index in [4.69, 9.17) is 4.74 Å². The van der Waals surface area contributed by atoms with Gasteiger partial charge in [-0.3, -0.25) is 0 Å². The number of hydrogen-bond donors (Lipinski definition) is 1. The predicted molar refractivity (Wildman–Crippen MR) is 106 cm³/mol. The maximum Gasteiger partial charge on any atom is 0.161 e. The zero-order valence-corrected chi connectivity index (χ0v) is 16.5. The number of aryl methyl sites for hydroxylation is 1. The number of hydrogen-bond acceptors (Lipinski definition) is 2. The Bertz CT molecular complexity index is 857. The van der Waals surface area contributed by atoms with Gasteiger partial charge in [0, 0.05) is 5.56 Å². The van der Waals surface area contributed by atoms with Crippen molar-refractivity contribution in [2.24, 2.45) is 11.3 Å². The van der Waals surface area contributed by atoms with Crippen LogP contribution in [-0.2, 0) is 18.4 Å². The van der Waals surface area contributed by atoms with Gasteiger partial charge in [0.25, 0.3) is 0 Å². The Morgan fingerprint density at radius 1 is 1.15 bits per heavy atom. The van der Waals surface area contributed by atoms with E-state index in [1.54, 1.807) is 18.2 Å². The molecule has 1 N–H and O–H groups in total. The highest BCUT2D eigenvalue weighted by Gasteiger charge is 2.49. The highest BCUT2D eigenvalue weighted by Crippen LogP contribution is 2.58. The molecule has 0 heterocycles. The molecule has 1 fully saturated rings. The Balaban J connectivity index is 1.63. The van der Waals surface area contributed by atoms with E-state index in [2.05, 4.69) is 20.8 Å². The fourth-order valence-corrected chi connectivity index (χ4v) is 5.69. The Labute approximate surface area is 161 Å². The molecule has 0 aliphatic heterocycles. The van der Waals surface area contributed by atoms with E-state index in [1.165, 1.54) is 42.9 Å². The molecule has 2 aliphatic rings. The lowest BCUT2D eigenvalue weighted by atomic mass is 9.50. The molecule has 2 aromatic carbocycles. The average molecular weight is 368 g/mol. The number of rotatable bonds is 3. The Morgan fingerprint density at radius 3 is 2.70 bits per heavy atom. The van der Waals surface area contributed by atoms with E-state index in [0.717, 1.165) is 6.42 Å². The number of phenols is 1. The highest BCUT2D eigenvalue weighted by molar-refractivity contribution is 5.51. The van der Waals surface area contributed by atoms with Gasteiger partial charge in [-0.15, -0.1) is 0 Å². The van der Waals surface area contributed by atoms with Crippen LogP contribution in [0.1, 0.15) is 63.1 Å². The van der Waals surface area contributed by atoms with E-state index < -0.39 is 0 Å². The summed E-state index contributed by atoms with van der Waals surface area (Å²) in [5, 5.41) is 10.6. The van der Waals surface area contributed by atoms with E-state index in [1.807, 2.05) is 12.1 Å². The summed E-state index contributed by atoms with van der Waals surface area (Å²) in [6.45, 7) is 7.28. The van der Waals surface area contributed by atoms with Gasteiger partial charge in [0.2, 0.25) is 0 Å². The SMILES string of the molecule is CC1(C)CCC[C@]2(C)c3cc(O)c(OCc4ccccc4F)cc3CC[C@H]12. The molecule has 144 valence electrons. The summed E-state index contributed by atoms with van der Waals surface area (Å²) in [6.07, 6.45) is 5.86. The van der Waals surface area contributed by atoms with Gasteiger partial charge in [-0.1, -0.05) is 45.4 Å². The Kier molecular flexibility index (Phi) is 4.44. The van der Waals surface area contributed by atoms with Crippen LogP contribution in [0.2, 0.25) is 0 Å². The summed E-state index contributed by atoms with van der Waals surface area (Å²) in [5.41, 5.74) is 3.49. The Morgan fingerprint density at radius 2 is 1.93 bits per heavy atom. The number of benzene rings is 2. The van der Waals surface area contributed by atoms with Crippen LogP contribution >= 0.6 is 0 Å². The predicted octanol–water partition coefficient (Wildman–Crippen LogP) is 6.14.